The Kier molecular flexibility index (Phi) is 1.80. The van der Waals surface area contributed by atoms with Crippen LogP contribution in [0, 0.1) is 6.92 Å². The molecule has 1 saturated carbocycles. The number of imidazole rings is 1. The molecule has 16 heavy (non-hydrogen) atoms. The maximum Gasteiger partial charge on any atom is 0.356 e. The Bertz CT molecular complexity index is 565. The molecule has 0 amide bonds. The Morgan fingerprint density at radius 3 is 2.81 bits per heavy atom. The molecule has 0 aromatic carbocycles. The Morgan fingerprint density at radius 2 is 2.25 bits per heavy atom. The van der Waals surface area contributed by atoms with Crippen LogP contribution in [0.1, 0.15) is 47.2 Å². The number of fused-ring (bicyclic) bond motifs is 1. The molecule has 0 bridgehead atoms. The smallest absolute Gasteiger partial charge is 0.356 e. The van der Waals surface area contributed by atoms with E-state index in [4.69, 9.17) is 5.11 Å². The molecule has 2 aromatic heterocycles. The Morgan fingerprint density at radius 1 is 1.50 bits per heavy atom. The molecule has 0 saturated heterocycles. The third-order valence-corrected chi connectivity index (χ3v) is 3.18. The van der Waals surface area contributed by atoms with Crippen molar-refractivity contribution in [3.05, 3.63) is 17.2 Å². The third-order valence-electron chi connectivity index (χ3n) is 3.18. The van der Waals surface area contributed by atoms with Gasteiger partial charge in [-0.1, -0.05) is 6.42 Å². The number of aromatic nitrogens is 4. The van der Waals surface area contributed by atoms with Gasteiger partial charge in [-0.25, -0.2) is 14.3 Å². The molecule has 2 N–H and O–H groups in total. The van der Waals surface area contributed by atoms with Gasteiger partial charge in [0.15, 0.2) is 5.69 Å². The highest BCUT2D eigenvalue weighted by Gasteiger charge is 2.25. The molecule has 1 aliphatic rings. The lowest BCUT2D eigenvalue weighted by molar-refractivity contribution is 0.0687. The minimum Gasteiger partial charge on any atom is -0.476 e. The standard InChI is InChI=1S/C10H12N4O2/c1-5-7(9(15)16)14-10(11-5)12-8(13-14)6-3-2-4-6/h6H,2-4H2,1H3,(H,15,16)(H,11,12,13). The van der Waals surface area contributed by atoms with Crippen molar-refractivity contribution in [2.45, 2.75) is 32.1 Å². The average Bonchev–Trinajstić information content (AvgIpc) is 2.55. The monoisotopic (exact) mass is 220 g/mol. The van der Waals surface area contributed by atoms with E-state index in [0.717, 1.165) is 18.7 Å². The number of carbonyl (C=O) groups is 1. The van der Waals surface area contributed by atoms with Crippen LogP contribution in [0.3, 0.4) is 0 Å². The van der Waals surface area contributed by atoms with Crippen molar-refractivity contribution in [2.24, 2.45) is 0 Å². The SMILES string of the molecule is Cc1nc2nc(C3CCC3)[nH]n2c1C(=O)O. The van der Waals surface area contributed by atoms with Crippen LogP contribution in [0.15, 0.2) is 0 Å². The summed E-state index contributed by atoms with van der Waals surface area (Å²) in [6.07, 6.45) is 3.47. The first-order chi connectivity index (χ1) is 7.66. The number of carboxylic acid groups (broad SMARTS) is 1. The first-order valence-electron chi connectivity index (χ1n) is 5.35. The highest BCUT2D eigenvalue weighted by Crippen LogP contribution is 2.34. The van der Waals surface area contributed by atoms with E-state index in [2.05, 4.69) is 15.1 Å². The highest BCUT2D eigenvalue weighted by molar-refractivity contribution is 5.87. The van der Waals surface area contributed by atoms with Crippen molar-refractivity contribution >= 4 is 11.7 Å². The molecule has 0 radical (unpaired) electrons. The maximum absolute atomic E-state index is 11.1. The number of aromatic amines is 1. The maximum atomic E-state index is 11.1. The third kappa shape index (κ3) is 1.16. The second-order valence-electron chi connectivity index (χ2n) is 4.22. The van der Waals surface area contributed by atoms with E-state index < -0.39 is 5.97 Å². The predicted molar refractivity (Wildman–Crippen MR) is 55.6 cm³/mol. The predicted octanol–water partition coefficient (Wildman–Crippen LogP) is 1.33. The molecule has 84 valence electrons. The summed E-state index contributed by atoms with van der Waals surface area (Å²) in [7, 11) is 0. The summed E-state index contributed by atoms with van der Waals surface area (Å²) in [4.78, 5) is 19.5. The number of aromatic carboxylic acids is 1. The van der Waals surface area contributed by atoms with Gasteiger partial charge in [-0.05, 0) is 19.8 Å². The molecule has 0 atom stereocenters. The summed E-state index contributed by atoms with van der Waals surface area (Å²) in [5.74, 6) is 0.783. The molecule has 0 aliphatic heterocycles. The number of carboxylic acids is 1. The quantitative estimate of drug-likeness (QED) is 0.799. The van der Waals surface area contributed by atoms with Gasteiger partial charge in [0.2, 0.25) is 0 Å². The van der Waals surface area contributed by atoms with Crippen molar-refractivity contribution in [3.8, 4) is 0 Å². The molecule has 3 rings (SSSR count). The van der Waals surface area contributed by atoms with Crippen LogP contribution in [0.25, 0.3) is 5.78 Å². The Hall–Kier alpha value is -1.85. The molecular weight excluding hydrogens is 208 g/mol. The van der Waals surface area contributed by atoms with Gasteiger partial charge >= 0.3 is 5.97 Å². The molecule has 1 fully saturated rings. The average molecular weight is 220 g/mol. The van der Waals surface area contributed by atoms with E-state index in [1.807, 2.05) is 0 Å². The largest absolute Gasteiger partial charge is 0.476 e. The van der Waals surface area contributed by atoms with Crippen LogP contribution in [-0.4, -0.2) is 30.7 Å². The lowest BCUT2D eigenvalue weighted by atomic mass is 9.85. The lowest BCUT2D eigenvalue weighted by Crippen LogP contribution is -2.11. The molecule has 2 heterocycles. The van der Waals surface area contributed by atoms with Gasteiger partial charge in [0, 0.05) is 5.92 Å². The van der Waals surface area contributed by atoms with Crippen LogP contribution in [0.2, 0.25) is 0 Å². The van der Waals surface area contributed by atoms with Gasteiger partial charge in [-0.3, -0.25) is 5.10 Å². The molecular formula is C10H12N4O2. The summed E-state index contributed by atoms with van der Waals surface area (Å²) in [5, 5.41) is 12.1. The zero-order valence-electron chi connectivity index (χ0n) is 8.90. The molecule has 6 nitrogen and oxygen atoms in total. The van der Waals surface area contributed by atoms with Crippen molar-refractivity contribution in [3.63, 3.8) is 0 Å². The molecule has 6 heteroatoms. The van der Waals surface area contributed by atoms with E-state index in [1.54, 1.807) is 6.92 Å². The first kappa shape index (κ1) is 9.38. The number of nitrogens with zero attached hydrogens (tertiary/aromatic N) is 3. The second-order valence-corrected chi connectivity index (χ2v) is 4.22. The van der Waals surface area contributed by atoms with E-state index in [-0.39, 0.29) is 5.69 Å². The topological polar surface area (TPSA) is 83.3 Å². The number of H-pyrrole nitrogens is 1. The zero-order chi connectivity index (χ0) is 11.3. The van der Waals surface area contributed by atoms with Crippen LogP contribution in [-0.2, 0) is 0 Å². The molecule has 1 aliphatic carbocycles. The van der Waals surface area contributed by atoms with Gasteiger partial charge in [0.1, 0.15) is 5.82 Å². The summed E-state index contributed by atoms with van der Waals surface area (Å²) in [5.41, 5.74) is 0.666. The molecule has 0 unspecified atom stereocenters. The lowest BCUT2D eigenvalue weighted by Gasteiger charge is -2.22. The van der Waals surface area contributed by atoms with Crippen molar-refractivity contribution in [2.75, 3.05) is 0 Å². The van der Waals surface area contributed by atoms with Gasteiger partial charge in [0.25, 0.3) is 5.78 Å². The number of hydrogen-bond donors (Lipinski definition) is 2. The van der Waals surface area contributed by atoms with Crippen LogP contribution < -0.4 is 0 Å². The van der Waals surface area contributed by atoms with Crippen molar-refractivity contribution in [1.82, 2.24) is 19.6 Å². The molecule has 0 spiro atoms. The number of nitrogens with one attached hydrogen (secondary N) is 1. The normalized spacial score (nSPS) is 16.6. The van der Waals surface area contributed by atoms with E-state index in [0.29, 0.717) is 17.4 Å². The first-order valence-corrected chi connectivity index (χ1v) is 5.35. The minimum absolute atomic E-state index is 0.174. The van der Waals surface area contributed by atoms with Crippen molar-refractivity contribution < 1.29 is 9.90 Å². The minimum atomic E-state index is -0.978. The second kappa shape index (κ2) is 3.07. The summed E-state index contributed by atoms with van der Waals surface area (Å²) < 4.78 is 1.46. The molecule has 2 aromatic rings. The van der Waals surface area contributed by atoms with Gasteiger partial charge in [-0.2, -0.15) is 4.98 Å². The Labute approximate surface area is 91.3 Å². The highest BCUT2D eigenvalue weighted by atomic mass is 16.4. The Balaban J connectivity index is 2.14. The summed E-state index contributed by atoms with van der Waals surface area (Å²) in [6.45, 7) is 1.68. The summed E-state index contributed by atoms with van der Waals surface area (Å²) in [6, 6.07) is 0. The van der Waals surface area contributed by atoms with Crippen LogP contribution in [0.4, 0.5) is 0 Å². The van der Waals surface area contributed by atoms with Crippen molar-refractivity contribution in [1.29, 1.82) is 0 Å². The van der Waals surface area contributed by atoms with Crippen LogP contribution in [0.5, 0.6) is 0 Å². The summed E-state index contributed by atoms with van der Waals surface area (Å²) >= 11 is 0. The number of aryl methyl sites for hydroxylation is 1. The van der Waals surface area contributed by atoms with Gasteiger partial charge in [-0.15, -0.1) is 0 Å². The fraction of sp³-hybridized carbons (Fsp3) is 0.500. The number of hydrogen-bond acceptors (Lipinski definition) is 3. The van der Waals surface area contributed by atoms with E-state index >= 15 is 0 Å². The van der Waals surface area contributed by atoms with E-state index in [9.17, 15) is 4.79 Å². The van der Waals surface area contributed by atoms with Crippen LogP contribution >= 0.6 is 0 Å². The zero-order valence-corrected chi connectivity index (χ0v) is 8.90. The fourth-order valence-electron chi connectivity index (χ4n) is 2.06. The van der Waals surface area contributed by atoms with E-state index in [1.165, 1.54) is 10.9 Å². The van der Waals surface area contributed by atoms with Gasteiger partial charge < -0.3 is 5.11 Å². The fourth-order valence-corrected chi connectivity index (χ4v) is 2.06. The number of rotatable bonds is 2. The van der Waals surface area contributed by atoms with Gasteiger partial charge in [0.05, 0.1) is 5.69 Å².